The highest BCUT2D eigenvalue weighted by molar-refractivity contribution is 6.31. The molecule has 1 aromatic carbocycles. The first-order chi connectivity index (χ1) is 9.10. The molecule has 0 bridgehead atoms. The van der Waals surface area contributed by atoms with E-state index in [4.69, 9.17) is 11.6 Å². The van der Waals surface area contributed by atoms with Gasteiger partial charge in [-0.2, -0.15) is 10.4 Å². The van der Waals surface area contributed by atoms with Crippen LogP contribution in [0.2, 0.25) is 5.15 Å². The molecular weight excluding hydrogens is 258 g/mol. The van der Waals surface area contributed by atoms with Gasteiger partial charge in [0, 0.05) is 5.92 Å². The van der Waals surface area contributed by atoms with Crippen LogP contribution >= 0.6 is 11.6 Å². The molecule has 0 unspecified atom stereocenters. The van der Waals surface area contributed by atoms with E-state index >= 15 is 0 Å². The van der Waals surface area contributed by atoms with E-state index in [1.54, 1.807) is 4.68 Å². The van der Waals surface area contributed by atoms with Gasteiger partial charge in [-0.05, 0) is 49.9 Å². The van der Waals surface area contributed by atoms with Crippen LogP contribution in [0.15, 0.2) is 18.2 Å². The molecule has 0 N–H and O–H groups in total. The van der Waals surface area contributed by atoms with Crippen LogP contribution in [0.5, 0.6) is 0 Å². The summed E-state index contributed by atoms with van der Waals surface area (Å²) >= 11 is 6.32. The zero-order valence-corrected chi connectivity index (χ0v) is 11.7. The standard InChI is InChI=1S/C15H14ClN3/c1-9-5-10(2)7-12(6-9)19-15(16)13(8-17)14(18-19)11-3-4-11/h5-7,11H,3-4H2,1-2H3. The molecule has 1 heterocycles. The Bertz CT molecular complexity index is 670. The van der Waals surface area contributed by atoms with E-state index in [1.165, 1.54) is 0 Å². The predicted molar refractivity (Wildman–Crippen MR) is 74.7 cm³/mol. The molecule has 0 saturated heterocycles. The van der Waals surface area contributed by atoms with E-state index in [0.717, 1.165) is 35.3 Å². The van der Waals surface area contributed by atoms with Crippen LogP contribution in [0, 0.1) is 25.2 Å². The van der Waals surface area contributed by atoms with Gasteiger partial charge in [0.15, 0.2) is 5.15 Å². The van der Waals surface area contributed by atoms with E-state index in [0.29, 0.717) is 16.6 Å². The Hall–Kier alpha value is -1.79. The highest BCUT2D eigenvalue weighted by Gasteiger charge is 2.31. The summed E-state index contributed by atoms with van der Waals surface area (Å²) in [6.45, 7) is 4.09. The molecular formula is C15H14ClN3. The van der Waals surface area contributed by atoms with Crippen molar-refractivity contribution in [3.05, 3.63) is 45.7 Å². The summed E-state index contributed by atoms with van der Waals surface area (Å²) in [7, 11) is 0. The Morgan fingerprint density at radius 1 is 1.26 bits per heavy atom. The second-order valence-electron chi connectivity index (χ2n) is 5.19. The van der Waals surface area contributed by atoms with E-state index < -0.39 is 0 Å². The Morgan fingerprint density at radius 3 is 2.42 bits per heavy atom. The molecule has 0 amide bonds. The molecule has 4 heteroatoms. The fourth-order valence-electron chi connectivity index (χ4n) is 2.40. The van der Waals surface area contributed by atoms with Crippen LogP contribution in [0.4, 0.5) is 0 Å². The van der Waals surface area contributed by atoms with Crippen molar-refractivity contribution < 1.29 is 0 Å². The number of hydrogen-bond acceptors (Lipinski definition) is 2. The second kappa shape index (κ2) is 4.40. The summed E-state index contributed by atoms with van der Waals surface area (Å²) < 4.78 is 1.69. The number of halogens is 1. The third kappa shape index (κ3) is 2.13. The molecule has 0 spiro atoms. The first kappa shape index (κ1) is 12.3. The minimum atomic E-state index is 0.416. The largest absolute Gasteiger partial charge is 0.221 e. The lowest BCUT2D eigenvalue weighted by Crippen LogP contribution is -1.98. The molecule has 0 atom stereocenters. The lowest BCUT2D eigenvalue weighted by molar-refractivity contribution is 0.836. The van der Waals surface area contributed by atoms with Crippen molar-refractivity contribution in [2.45, 2.75) is 32.6 Å². The van der Waals surface area contributed by atoms with E-state index in [1.807, 2.05) is 26.0 Å². The molecule has 96 valence electrons. The SMILES string of the molecule is Cc1cc(C)cc(-n2nc(C3CC3)c(C#N)c2Cl)c1. The van der Waals surface area contributed by atoms with Gasteiger partial charge in [0.05, 0.1) is 11.4 Å². The van der Waals surface area contributed by atoms with Gasteiger partial charge < -0.3 is 0 Å². The monoisotopic (exact) mass is 271 g/mol. The van der Waals surface area contributed by atoms with Gasteiger partial charge in [0.1, 0.15) is 11.6 Å². The summed E-state index contributed by atoms with van der Waals surface area (Å²) in [6, 6.07) is 8.36. The Kier molecular flexibility index (Phi) is 2.83. The van der Waals surface area contributed by atoms with Crippen LogP contribution in [0.1, 0.15) is 41.1 Å². The summed E-state index contributed by atoms with van der Waals surface area (Å²) in [5.41, 5.74) is 4.63. The normalized spacial score (nSPS) is 14.4. The molecule has 1 aliphatic carbocycles. The van der Waals surface area contributed by atoms with Crippen molar-refractivity contribution >= 4 is 11.6 Å². The summed E-state index contributed by atoms with van der Waals surface area (Å²) in [6.07, 6.45) is 2.21. The van der Waals surface area contributed by atoms with Crippen LogP contribution in [-0.2, 0) is 0 Å². The number of aryl methyl sites for hydroxylation is 2. The topological polar surface area (TPSA) is 41.6 Å². The molecule has 0 aliphatic heterocycles. The van der Waals surface area contributed by atoms with Gasteiger partial charge in [0.25, 0.3) is 0 Å². The molecule has 3 rings (SSSR count). The summed E-state index contributed by atoms with van der Waals surface area (Å²) in [5.74, 6) is 0.416. The fraction of sp³-hybridized carbons (Fsp3) is 0.333. The van der Waals surface area contributed by atoms with Crippen LogP contribution in [0.25, 0.3) is 5.69 Å². The van der Waals surface area contributed by atoms with E-state index in [2.05, 4.69) is 17.2 Å². The first-order valence-electron chi connectivity index (χ1n) is 6.37. The summed E-state index contributed by atoms with van der Waals surface area (Å²) in [5, 5.41) is 14.2. The van der Waals surface area contributed by atoms with Crippen LogP contribution in [-0.4, -0.2) is 9.78 Å². The maximum atomic E-state index is 9.26. The Balaban J connectivity index is 2.17. The lowest BCUT2D eigenvalue weighted by Gasteiger charge is -2.06. The molecule has 1 aromatic heterocycles. The van der Waals surface area contributed by atoms with Crippen LogP contribution in [0.3, 0.4) is 0 Å². The zero-order valence-electron chi connectivity index (χ0n) is 10.9. The minimum Gasteiger partial charge on any atom is -0.221 e. The van der Waals surface area contributed by atoms with Crippen molar-refractivity contribution in [1.82, 2.24) is 9.78 Å². The van der Waals surface area contributed by atoms with Gasteiger partial charge >= 0.3 is 0 Å². The predicted octanol–water partition coefficient (Wildman–Crippen LogP) is 3.89. The fourth-order valence-corrected chi connectivity index (χ4v) is 2.68. The van der Waals surface area contributed by atoms with Gasteiger partial charge in [-0.15, -0.1) is 0 Å². The Morgan fingerprint density at radius 2 is 1.89 bits per heavy atom. The van der Waals surface area contributed by atoms with Gasteiger partial charge in [-0.25, -0.2) is 4.68 Å². The molecule has 1 aliphatic rings. The van der Waals surface area contributed by atoms with Crippen molar-refractivity contribution in [3.8, 4) is 11.8 Å². The number of benzene rings is 1. The van der Waals surface area contributed by atoms with Crippen molar-refractivity contribution in [2.24, 2.45) is 0 Å². The van der Waals surface area contributed by atoms with Gasteiger partial charge in [-0.1, -0.05) is 17.7 Å². The van der Waals surface area contributed by atoms with Gasteiger partial charge in [0.2, 0.25) is 0 Å². The number of aromatic nitrogens is 2. The molecule has 2 aromatic rings. The third-order valence-electron chi connectivity index (χ3n) is 3.38. The average Bonchev–Trinajstić information content (AvgIpc) is 3.12. The minimum absolute atomic E-state index is 0.416. The molecule has 1 saturated carbocycles. The van der Waals surface area contributed by atoms with E-state index in [9.17, 15) is 5.26 Å². The number of nitrogens with zero attached hydrogens (tertiary/aromatic N) is 3. The highest BCUT2D eigenvalue weighted by atomic mass is 35.5. The second-order valence-corrected chi connectivity index (χ2v) is 5.55. The average molecular weight is 272 g/mol. The third-order valence-corrected chi connectivity index (χ3v) is 3.73. The number of hydrogen-bond donors (Lipinski definition) is 0. The first-order valence-corrected chi connectivity index (χ1v) is 6.75. The zero-order chi connectivity index (χ0) is 13.6. The maximum absolute atomic E-state index is 9.26. The number of nitriles is 1. The maximum Gasteiger partial charge on any atom is 0.150 e. The Labute approximate surface area is 117 Å². The van der Waals surface area contributed by atoms with Gasteiger partial charge in [-0.3, -0.25) is 0 Å². The van der Waals surface area contributed by atoms with Crippen molar-refractivity contribution in [1.29, 1.82) is 5.26 Å². The number of rotatable bonds is 2. The summed E-state index contributed by atoms with van der Waals surface area (Å²) in [4.78, 5) is 0. The molecule has 3 nitrogen and oxygen atoms in total. The van der Waals surface area contributed by atoms with Crippen molar-refractivity contribution in [3.63, 3.8) is 0 Å². The molecule has 0 radical (unpaired) electrons. The van der Waals surface area contributed by atoms with Crippen molar-refractivity contribution in [2.75, 3.05) is 0 Å². The smallest absolute Gasteiger partial charge is 0.150 e. The van der Waals surface area contributed by atoms with Crippen LogP contribution < -0.4 is 0 Å². The van der Waals surface area contributed by atoms with E-state index in [-0.39, 0.29) is 0 Å². The lowest BCUT2D eigenvalue weighted by atomic mass is 10.1. The molecule has 1 fully saturated rings. The molecule has 19 heavy (non-hydrogen) atoms. The quantitative estimate of drug-likeness (QED) is 0.831. The highest BCUT2D eigenvalue weighted by Crippen LogP contribution is 2.42.